The second-order valence-electron chi connectivity index (χ2n) is 4.97. The molecule has 6 nitrogen and oxygen atoms in total. The van der Waals surface area contributed by atoms with Gasteiger partial charge in [-0.2, -0.15) is 0 Å². The first kappa shape index (κ1) is 15.9. The molecule has 0 aromatic heterocycles. The van der Waals surface area contributed by atoms with E-state index in [1.165, 1.54) is 23.6 Å². The van der Waals surface area contributed by atoms with Gasteiger partial charge >= 0.3 is 5.97 Å². The molecule has 0 spiro atoms. The van der Waals surface area contributed by atoms with Gasteiger partial charge in [0.1, 0.15) is 28.5 Å². The first-order valence-electron chi connectivity index (χ1n) is 6.83. The highest BCUT2D eigenvalue weighted by Crippen LogP contribution is 2.42. The molecule has 0 bridgehead atoms. The molecular weight excluding hydrogens is 340 g/mol. The minimum Gasteiger partial charge on any atom is -0.487 e. The Labute approximate surface area is 141 Å². The number of thioether (sulfide) groups is 1. The Morgan fingerprint density at radius 1 is 1.43 bits per heavy atom. The van der Waals surface area contributed by atoms with Gasteiger partial charge in [-0.15, -0.1) is 0 Å². The minimum absolute atomic E-state index is 0.0684. The molecule has 2 unspecified atom stereocenters. The Morgan fingerprint density at radius 2 is 2.13 bits per heavy atom. The third-order valence-electron chi connectivity index (χ3n) is 3.43. The van der Waals surface area contributed by atoms with Gasteiger partial charge in [0, 0.05) is 5.03 Å². The number of aliphatic imine (C=N–C) groups is 1. The number of carboxylic acids is 1. The van der Waals surface area contributed by atoms with Gasteiger partial charge in [-0.05, 0) is 19.1 Å². The van der Waals surface area contributed by atoms with Crippen LogP contribution in [0.25, 0.3) is 0 Å². The molecule has 2 heterocycles. The van der Waals surface area contributed by atoms with Crippen LogP contribution in [0.1, 0.15) is 6.92 Å². The normalized spacial score (nSPS) is 23.7. The molecule has 0 saturated carbocycles. The van der Waals surface area contributed by atoms with Crippen LogP contribution in [0.4, 0.5) is 0 Å². The van der Waals surface area contributed by atoms with E-state index in [0.29, 0.717) is 10.8 Å². The van der Waals surface area contributed by atoms with Crippen LogP contribution >= 0.6 is 23.4 Å². The Bertz CT molecular complexity index is 715. The number of likely N-dealkylation sites (tertiary alicyclic amines) is 1. The summed E-state index contributed by atoms with van der Waals surface area (Å²) < 4.78 is 5.60. The predicted molar refractivity (Wildman–Crippen MR) is 87.6 cm³/mol. The van der Waals surface area contributed by atoms with Crippen molar-refractivity contribution in [1.82, 2.24) is 4.90 Å². The van der Waals surface area contributed by atoms with Crippen molar-refractivity contribution in [2.45, 2.75) is 18.3 Å². The summed E-state index contributed by atoms with van der Waals surface area (Å²) in [6.45, 7) is 1.69. The summed E-state index contributed by atoms with van der Waals surface area (Å²) >= 11 is 7.14. The van der Waals surface area contributed by atoms with Crippen LogP contribution in [0, 0.1) is 0 Å². The average Bonchev–Trinajstić information content (AvgIpc) is 2.90. The molecule has 23 heavy (non-hydrogen) atoms. The highest BCUT2D eigenvalue weighted by molar-refractivity contribution is 8.15. The first-order valence-corrected chi connectivity index (χ1v) is 8.08. The van der Waals surface area contributed by atoms with Gasteiger partial charge in [-0.1, -0.05) is 41.6 Å². The van der Waals surface area contributed by atoms with Crippen molar-refractivity contribution in [1.29, 1.82) is 0 Å². The first-order chi connectivity index (χ1) is 11.0. The summed E-state index contributed by atoms with van der Waals surface area (Å²) in [6.07, 6.45) is 0. The maximum atomic E-state index is 12.1. The second kappa shape index (κ2) is 6.25. The van der Waals surface area contributed by atoms with Crippen LogP contribution in [0.2, 0.25) is 0 Å². The van der Waals surface area contributed by atoms with E-state index in [2.05, 4.69) is 4.99 Å². The maximum absolute atomic E-state index is 12.1. The quantitative estimate of drug-likeness (QED) is 0.649. The fourth-order valence-electron chi connectivity index (χ4n) is 2.40. The molecule has 1 saturated heterocycles. The van der Waals surface area contributed by atoms with E-state index in [0.717, 1.165) is 0 Å². The summed E-state index contributed by atoms with van der Waals surface area (Å²) in [7, 11) is 0. The second-order valence-corrected chi connectivity index (χ2v) is 6.73. The van der Waals surface area contributed by atoms with Crippen molar-refractivity contribution in [2.24, 2.45) is 4.99 Å². The number of para-hydroxylation sites is 1. The zero-order valence-electron chi connectivity index (χ0n) is 12.1. The molecule has 1 fully saturated rings. The molecule has 2 aliphatic rings. The third-order valence-corrected chi connectivity index (χ3v) is 4.81. The smallest absolute Gasteiger partial charge is 0.353 e. The highest BCUT2D eigenvalue weighted by atomic mass is 35.5. The number of β-lactam (4-membered cyclic amide) rings is 1. The van der Waals surface area contributed by atoms with Gasteiger partial charge in [-0.25, -0.2) is 4.79 Å². The molecule has 1 aromatic carbocycles. The Kier molecular flexibility index (Phi) is 4.32. The van der Waals surface area contributed by atoms with E-state index in [4.69, 9.17) is 16.3 Å². The Morgan fingerprint density at radius 3 is 2.74 bits per heavy atom. The standard InChI is InChI=1S/C15H13ClN2O4S/c1-8(16)12(15(20)21)18-13(19)11-14(18)23-10(17-11)7-22-9-5-3-2-4-6-9/h2-6,11,14H,7H2,1H3,(H,20,21)/b12-8-. The van der Waals surface area contributed by atoms with Crippen LogP contribution < -0.4 is 4.74 Å². The summed E-state index contributed by atoms with van der Waals surface area (Å²) in [5.74, 6) is -0.866. The maximum Gasteiger partial charge on any atom is 0.353 e. The fourth-order valence-corrected chi connectivity index (χ4v) is 3.77. The number of halogens is 1. The van der Waals surface area contributed by atoms with Crippen LogP contribution in [-0.2, 0) is 9.59 Å². The van der Waals surface area contributed by atoms with E-state index < -0.39 is 12.0 Å². The monoisotopic (exact) mass is 352 g/mol. The molecule has 8 heteroatoms. The largest absolute Gasteiger partial charge is 0.487 e. The van der Waals surface area contributed by atoms with Crippen LogP contribution in [0.5, 0.6) is 5.75 Å². The molecule has 2 atom stereocenters. The molecule has 1 aromatic rings. The number of allylic oxidation sites excluding steroid dienone is 1. The predicted octanol–water partition coefficient (Wildman–Crippen LogP) is 2.30. The fraction of sp³-hybridized carbons (Fsp3) is 0.267. The number of ether oxygens (including phenoxy) is 1. The zero-order valence-corrected chi connectivity index (χ0v) is 13.7. The lowest BCUT2D eigenvalue weighted by Gasteiger charge is -2.41. The molecule has 0 radical (unpaired) electrons. The Hall–Kier alpha value is -1.99. The third kappa shape index (κ3) is 2.94. The topological polar surface area (TPSA) is 79.2 Å². The van der Waals surface area contributed by atoms with Crippen molar-refractivity contribution in [3.05, 3.63) is 41.1 Å². The number of carbonyl (C=O) groups excluding carboxylic acids is 1. The number of amides is 1. The van der Waals surface area contributed by atoms with Gasteiger partial charge in [-0.3, -0.25) is 14.7 Å². The number of fused-ring (bicyclic) bond motifs is 1. The molecule has 2 aliphatic heterocycles. The van der Waals surface area contributed by atoms with Crippen LogP contribution in [0.3, 0.4) is 0 Å². The summed E-state index contributed by atoms with van der Waals surface area (Å²) in [5.41, 5.74) is -0.189. The number of aliphatic carboxylic acids is 1. The SMILES string of the molecule is C/C(Cl)=C(\C(=O)O)N1C(=O)C2N=C(COc3ccccc3)SC21. The lowest BCUT2D eigenvalue weighted by molar-refractivity contribution is -0.147. The van der Waals surface area contributed by atoms with Gasteiger partial charge in [0.05, 0.1) is 0 Å². The number of carboxylic acid groups (broad SMARTS) is 1. The number of benzene rings is 1. The molecule has 0 aliphatic carbocycles. The van der Waals surface area contributed by atoms with E-state index in [1.54, 1.807) is 0 Å². The van der Waals surface area contributed by atoms with Crippen LogP contribution in [-0.4, -0.2) is 44.9 Å². The zero-order chi connectivity index (χ0) is 16.6. The lowest BCUT2D eigenvalue weighted by atomic mass is 10.1. The van der Waals surface area contributed by atoms with Crippen molar-refractivity contribution >= 4 is 40.3 Å². The molecule has 1 amide bonds. The number of hydrogen-bond acceptors (Lipinski definition) is 5. The van der Waals surface area contributed by atoms with E-state index in [9.17, 15) is 14.7 Å². The summed E-state index contributed by atoms with van der Waals surface area (Å²) in [4.78, 5) is 28.9. The average molecular weight is 353 g/mol. The number of nitrogens with zero attached hydrogens (tertiary/aromatic N) is 2. The van der Waals surface area contributed by atoms with Crippen molar-refractivity contribution in [2.75, 3.05) is 6.61 Å². The Balaban J connectivity index is 1.67. The number of carbonyl (C=O) groups is 2. The summed E-state index contributed by atoms with van der Waals surface area (Å²) in [5, 5.41) is 9.59. The number of hydrogen-bond donors (Lipinski definition) is 1. The van der Waals surface area contributed by atoms with Crippen molar-refractivity contribution in [3.63, 3.8) is 0 Å². The van der Waals surface area contributed by atoms with E-state index in [-0.39, 0.29) is 28.6 Å². The molecule has 3 rings (SSSR count). The van der Waals surface area contributed by atoms with Gasteiger partial charge in [0.15, 0.2) is 6.04 Å². The minimum atomic E-state index is -1.22. The summed E-state index contributed by atoms with van der Waals surface area (Å²) in [6, 6.07) is 8.71. The van der Waals surface area contributed by atoms with Crippen molar-refractivity contribution < 1.29 is 19.4 Å². The number of rotatable bonds is 5. The van der Waals surface area contributed by atoms with Crippen LogP contribution in [0.15, 0.2) is 46.1 Å². The van der Waals surface area contributed by atoms with E-state index >= 15 is 0 Å². The lowest BCUT2D eigenvalue weighted by Crippen LogP contribution is -2.61. The molecule has 1 N–H and O–H groups in total. The van der Waals surface area contributed by atoms with Gasteiger partial charge in [0.25, 0.3) is 5.91 Å². The van der Waals surface area contributed by atoms with Gasteiger partial charge in [0.2, 0.25) is 0 Å². The highest BCUT2D eigenvalue weighted by Gasteiger charge is 2.55. The van der Waals surface area contributed by atoms with Crippen molar-refractivity contribution in [3.8, 4) is 5.75 Å². The molecular formula is C15H13ClN2O4S. The van der Waals surface area contributed by atoms with E-state index in [1.807, 2.05) is 30.3 Å². The van der Waals surface area contributed by atoms with Gasteiger partial charge < -0.3 is 9.84 Å². The molecule has 120 valence electrons.